The van der Waals surface area contributed by atoms with E-state index in [-0.39, 0.29) is 18.3 Å². The van der Waals surface area contributed by atoms with E-state index in [1.807, 2.05) is 18.2 Å². The fourth-order valence-corrected chi connectivity index (χ4v) is 3.59. The highest BCUT2D eigenvalue weighted by atomic mass is 16.5. The zero-order valence-corrected chi connectivity index (χ0v) is 15.8. The van der Waals surface area contributed by atoms with Gasteiger partial charge in [0.15, 0.2) is 17.3 Å². The summed E-state index contributed by atoms with van der Waals surface area (Å²) in [4.78, 5) is 28.1. The number of ether oxygens (including phenoxy) is 3. The Bertz CT molecular complexity index is 896. The van der Waals surface area contributed by atoms with Crippen molar-refractivity contribution in [2.24, 2.45) is 0 Å². The molecule has 1 aliphatic rings. The summed E-state index contributed by atoms with van der Waals surface area (Å²) in [5, 5.41) is 0. The lowest BCUT2D eigenvalue weighted by atomic mass is 9.81. The largest absolute Gasteiger partial charge is 0.493 e. The van der Waals surface area contributed by atoms with Crippen LogP contribution in [-0.4, -0.2) is 37.6 Å². The summed E-state index contributed by atoms with van der Waals surface area (Å²) in [5.41, 5.74) is 3.36. The van der Waals surface area contributed by atoms with Gasteiger partial charge in [-0.3, -0.25) is 4.79 Å². The Morgan fingerprint density at radius 3 is 2.67 bits per heavy atom. The Morgan fingerprint density at radius 1 is 1.26 bits per heavy atom. The van der Waals surface area contributed by atoms with Crippen molar-refractivity contribution in [3.8, 4) is 11.5 Å². The molecule has 0 aliphatic heterocycles. The van der Waals surface area contributed by atoms with Crippen LogP contribution in [-0.2, 0) is 11.2 Å². The number of carbonyl (C=O) groups excluding carboxylic acids is 2. The summed E-state index contributed by atoms with van der Waals surface area (Å²) in [6.45, 7) is 5.44. The maximum atomic E-state index is 12.8. The van der Waals surface area contributed by atoms with Crippen molar-refractivity contribution in [1.82, 2.24) is 4.98 Å². The van der Waals surface area contributed by atoms with Crippen molar-refractivity contribution in [1.29, 1.82) is 0 Å². The van der Waals surface area contributed by atoms with Crippen LogP contribution >= 0.6 is 0 Å². The quantitative estimate of drug-likeness (QED) is 0.622. The second-order valence-electron chi connectivity index (χ2n) is 6.51. The van der Waals surface area contributed by atoms with Gasteiger partial charge in [0.25, 0.3) is 0 Å². The van der Waals surface area contributed by atoms with Crippen LogP contribution in [0.4, 0.5) is 0 Å². The summed E-state index contributed by atoms with van der Waals surface area (Å²) in [6, 6.07) is 5.68. The molecule has 1 atom stereocenters. The minimum Gasteiger partial charge on any atom is -0.493 e. The first-order chi connectivity index (χ1) is 13.0. The van der Waals surface area contributed by atoms with E-state index < -0.39 is 5.97 Å². The number of carbonyl (C=O) groups is 2. The maximum absolute atomic E-state index is 12.8. The lowest BCUT2D eigenvalue weighted by Gasteiger charge is -2.23. The molecule has 3 rings (SSSR count). The van der Waals surface area contributed by atoms with Crippen LogP contribution in [0.2, 0.25) is 0 Å². The van der Waals surface area contributed by atoms with Crippen LogP contribution in [0.1, 0.15) is 50.0 Å². The number of methoxy groups -OCH3 is 2. The van der Waals surface area contributed by atoms with E-state index in [1.54, 1.807) is 21.1 Å². The molecule has 6 heteroatoms. The van der Waals surface area contributed by atoms with E-state index >= 15 is 0 Å². The summed E-state index contributed by atoms with van der Waals surface area (Å²) in [6.07, 6.45) is 2.52. The lowest BCUT2D eigenvalue weighted by molar-refractivity contribution is 0.0542. The molecule has 142 valence electrons. The van der Waals surface area contributed by atoms with Crippen LogP contribution in [0.15, 0.2) is 30.9 Å². The summed E-state index contributed by atoms with van der Waals surface area (Å²) in [5.74, 6) is 0.821. The fourth-order valence-electron chi connectivity index (χ4n) is 3.59. The van der Waals surface area contributed by atoms with Crippen molar-refractivity contribution in [2.75, 3.05) is 20.8 Å². The third kappa shape index (κ3) is 3.47. The fraction of sp³-hybridized carbons (Fsp3) is 0.333. The van der Waals surface area contributed by atoms with Gasteiger partial charge in [0.1, 0.15) is 12.3 Å². The second kappa shape index (κ2) is 7.70. The lowest BCUT2D eigenvalue weighted by Crippen LogP contribution is -2.18. The first-order valence-electron chi connectivity index (χ1n) is 8.74. The van der Waals surface area contributed by atoms with Crippen LogP contribution in [0, 0.1) is 6.92 Å². The molecule has 0 radical (unpaired) electrons. The molecule has 0 fully saturated rings. The van der Waals surface area contributed by atoms with Crippen molar-refractivity contribution in [3.05, 3.63) is 58.9 Å². The highest BCUT2D eigenvalue weighted by molar-refractivity contribution is 6.03. The molecule has 1 aliphatic carbocycles. The maximum Gasteiger partial charge on any atom is 0.355 e. The Kier molecular flexibility index (Phi) is 5.35. The number of nitrogens with one attached hydrogen (secondary N) is 1. The van der Waals surface area contributed by atoms with Crippen LogP contribution in [0.3, 0.4) is 0 Å². The zero-order chi connectivity index (χ0) is 19.6. The topological polar surface area (TPSA) is 77.6 Å². The third-order valence-electron chi connectivity index (χ3n) is 4.90. The number of hydrogen-bond acceptors (Lipinski definition) is 5. The van der Waals surface area contributed by atoms with Crippen molar-refractivity contribution >= 4 is 11.8 Å². The van der Waals surface area contributed by atoms with Crippen LogP contribution in [0.25, 0.3) is 0 Å². The highest BCUT2D eigenvalue weighted by Crippen LogP contribution is 2.38. The Labute approximate surface area is 158 Å². The van der Waals surface area contributed by atoms with E-state index in [0.29, 0.717) is 41.2 Å². The zero-order valence-electron chi connectivity index (χ0n) is 15.8. The van der Waals surface area contributed by atoms with Gasteiger partial charge >= 0.3 is 5.97 Å². The standard InChI is InChI=1S/C21H23NO5/c1-5-8-27-21(24)20-12(2)19-15(22-20)9-14(10-16(19)23)13-6-7-17(25-3)18(11-13)26-4/h5-7,11,14,22H,1,8-10H2,2-4H3. The first kappa shape index (κ1) is 18.8. The average Bonchev–Trinajstić information content (AvgIpc) is 3.02. The predicted molar refractivity (Wildman–Crippen MR) is 101 cm³/mol. The van der Waals surface area contributed by atoms with E-state index in [2.05, 4.69) is 11.6 Å². The molecule has 1 unspecified atom stereocenters. The van der Waals surface area contributed by atoms with Gasteiger partial charge in [-0.15, -0.1) is 0 Å². The van der Waals surface area contributed by atoms with E-state index in [1.165, 1.54) is 6.08 Å². The first-order valence-corrected chi connectivity index (χ1v) is 8.74. The minimum absolute atomic E-state index is 0.0000910. The third-order valence-corrected chi connectivity index (χ3v) is 4.90. The number of rotatable bonds is 6. The number of esters is 1. The second-order valence-corrected chi connectivity index (χ2v) is 6.51. The number of ketones is 1. The molecule has 0 amide bonds. The van der Waals surface area contributed by atoms with E-state index in [4.69, 9.17) is 14.2 Å². The molecule has 0 saturated heterocycles. The molecule has 0 spiro atoms. The molecule has 0 bridgehead atoms. The van der Waals surface area contributed by atoms with Gasteiger partial charge in [0.05, 0.1) is 14.2 Å². The van der Waals surface area contributed by atoms with Gasteiger partial charge in [0, 0.05) is 17.7 Å². The molecular weight excluding hydrogens is 346 g/mol. The number of hydrogen-bond donors (Lipinski definition) is 1. The number of H-pyrrole nitrogens is 1. The molecule has 1 heterocycles. The number of aromatic amines is 1. The number of benzene rings is 1. The van der Waals surface area contributed by atoms with Gasteiger partial charge in [-0.25, -0.2) is 4.79 Å². The highest BCUT2D eigenvalue weighted by Gasteiger charge is 2.32. The Morgan fingerprint density at radius 2 is 2.00 bits per heavy atom. The molecule has 1 aromatic carbocycles. The average molecular weight is 369 g/mol. The van der Waals surface area contributed by atoms with Gasteiger partial charge in [-0.1, -0.05) is 18.7 Å². The number of Topliss-reactive ketones (excluding diaryl/α,β-unsaturated/α-hetero) is 1. The molecule has 1 aromatic heterocycles. The summed E-state index contributed by atoms with van der Waals surface area (Å²) >= 11 is 0. The number of fused-ring (bicyclic) bond motifs is 1. The molecule has 1 N–H and O–H groups in total. The van der Waals surface area contributed by atoms with Gasteiger partial charge in [-0.05, 0) is 42.5 Å². The normalized spacial score (nSPS) is 15.8. The number of aromatic nitrogens is 1. The van der Waals surface area contributed by atoms with Gasteiger partial charge < -0.3 is 19.2 Å². The Hall–Kier alpha value is -3.02. The van der Waals surface area contributed by atoms with Gasteiger partial charge in [0.2, 0.25) is 0 Å². The van der Waals surface area contributed by atoms with Gasteiger partial charge in [-0.2, -0.15) is 0 Å². The summed E-state index contributed by atoms with van der Waals surface area (Å²) < 4.78 is 15.8. The molecule has 27 heavy (non-hydrogen) atoms. The van der Waals surface area contributed by atoms with E-state index in [0.717, 1.165) is 11.3 Å². The van der Waals surface area contributed by atoms with E-state index in [9.17, 15) is 9.59 Å². The summed E-state index contributed by atoms with van der Waals surface area (Å²) in [7, 11) is 3.17. The smallest absolute Gasteiger partial charge is 0.355 e. The van der Waals surface area contributed by atoms with Crippen molar-refractivity contribution in [2.45, 2.75) is 25.7 Å². The Balaban J connectivity index is 1.91. The monoisotopic (exact) mass is 369 g/mol. The molecule has 0 saturated carbocycles. The van der Waals surface area contributed by atoms with Crippen molar-refractivity contribution in [3.63, 3.8) is 0 Å². The van der Waals surface area contributed by atoms with Crippen LogP contribution < -0.4 is 9.47 Å². The van der Waals surface area contributed by atoms with Crippen LogP contribution in [0.5, 0.6) is 11.5 Å². The minimum atomic E-state index is -0.475. The SMILES string of the molecule is C=CCOC(=O)c1[nH]c2c(c1C)C(=O)CC(c1ccc(OC)c(OC)c1)C2. The predicted octanol–water partition coefficient (Wildman–Crippen LogP) is 3.60. The van der Waals surface area contributed by atoms with Crippen molar-refractivity contribution < 1.29 is 23.8 Å². The molecule has 6 nitrogen and oxygen atoms in total. The molecular formula is C21H23NO5. The molecule has 2 aromatic rings.